The molecule has 1 aromatic heterocycles. The smallest absolute Gasteiger partial charge is 0.325 e. The van der Waals surface area contributed by atoms with Gasteiger partial charge in [-0.25, -0.2) is 4.79 Å². The van der Waals surface area contributed by atoms with Crippen molar-refractivity contribution in [1.82, 2.24) is 20.1 Å². The molecular weight excluding hydrogens is 456 g/mol. The molecule has 8 nitrogen and oxygen atoms in total. The van der Waals surface area contributed by atoms with Gasteiger partial charge in [-0.05, 0) is 54.2 Å². The molecule has 1 aliphatic carbocycles. The van der Waals surface area contributed by atoms with Crippen LogP contribution < -0.4 is 16.2 Å². The van der Waals surface area contributed by atoms with E-state index in [9.17, 15) is 19.2 Å². The van der Waals surface area contributed by atoms with Crippen molar-refractivity contribution in [2.75, 3.05) is 6.54 Å². The van der Waals surface area contributed by atoms with Crippen LogP contribution in [-0.2, 0) is 22.7 Å². The molecule has 0 atom stereocenters. The van der Waals surface area contributed by atoms with E-state index in [4.69, 9.17) is 0 Å². The highest BCUT2D eigenvalue weighted by Crippen LogP contribution is 2.45. The van der Waals surface area contributed by atoms with E-state index in [0.717, 1.165) is 35.3 Å². The van der Waals surface area contributed by atoms with Crippen LogP contribution in [0, 0.1) is 11.3 Å². The molecule has 2 aromatic rings. The summed E-state index contributed by atoms with van der Waals surface area (Å²) in [6, 6.07) is 12.2. The normalized spacial score (nSPS) is 22.1. The fourth-order valence-corrected chi connectivity index (χ4v) is 5.29. The van der Waals surface area contributed by atoms with Crippen molar-refractivity contribution >= 4 is 17.8 Å². The topological polar surface area (TPSA) is 101 Å². The maximum Gasteiger partial charge on any atom is 0.325 e. The Morgan fingerprint density at radius 1 is 1.06 bits per heavy atom. The summed E-state index contributed by atoms with van der Waals surface area (Å²) in [6.07, 6.45) is 5.83. The van der Waals surface area contributed by atoms with Gasteiger partial charge in [0.2, 0.25) is 5.91 Å². The van der Waals surface area contributed by atoms with Crippen LogP contribution >= 0.6 is 0 Å². The molecule has 0 unspecified atom stereocenters. The van der Waals surface area contributed by atoms with Crippen LogP contribution in [0.2, 0.25) is 0 Å². The van der Waals surface area contributed by atoms with Crippen LogP contribution in [0.1, 0.15) is 64.0 Å². The number of imide groups is 1. The number of nitrogens with zero attached hydrogens (tertiary/aromatic N) is 2. The summed E-state index contributed by atoms with van der Waals surface area (Å²) in [5, 5.41) is 5.70. The van der Waals surface area contributed by atoms with Crippen LogP contribution in [0.15, 0.2) is 53.5 Å². The van der Waals surface area contributed by atoms with Crippen molar-refractivity contribution in [3.05, 3.63) is 70.1 Å². The first kappa shape index (κ1) is 25.7. The van der Waals surface area contributed by atoms with E-state index in [-0.39, 0.29) is 35.9 Å². The first-order valence-corrected chi connectivity index (χ1v) is 12.8. The van der Waals surface area contributed by atoms with Gasteiger partial charge in [0.15, 0.2) is 0 Å². The van der Waals surface area contributed by atoms with Gasteiger partial charge >= 0.3 is 6.03 Å². The lowest BCUT2D eigenvalue weighted by atomic mass is 9.65. The van der Waals surface area contributed by atoms with Gasteiger partial charge in [0.05, 0.1) is 6.54 Å². The Bertz CT molecular complexity index is 1180. The predicted molar refractivity (Wildman–Crippen MR) is 137 cm³/mol. The summed E-state index contributed by atoms with van der Waals surface area (Å²) in [7, 11) is 0. The summed E-state index contributed by atoms with van der Waals surface area (Å²) in [4.78, 5) is 51.3. The molecule has 1 saturated heterocycles. The summed E-state index contributed by atoms with van der Waals surface area (Å²) in [6.45, 7) is 7.18. The zero-order valence-electron chi connectivity index (χ0n) is 21.4. The lowest BCUT2D eigenvalue weighted by Gasteiger charge is -2.42. The van der Waals surface area contributed by atoms with Crippen molar-refractivity contribution in [2.45, 2.75) is 71.5 Å². The molecule has 2 fully saturated rings. The van der Waals surface area contributed by atoms with Gasteiger partial charge in [0, 0.05) is 18.8 Å². The number of amides is 4. The summed E-state index contributed by atoms with van der Waals surface area (Å²) < 4.78 is 1.62. The van der Waals surface area contributed by atoms with E-state index in [1.807, 2.05) is 30.3 Å². The maximum atomic E-state index is 13.2. The van der Waals surface area contributed by atoms with Crippen molar-refractivity contribution in [3.63, 3.8) is 0 Å². The molecule has 192 valence electrons. The third-order valence-electron chi connectivity index (χ3n) is 8.17. The molecule has 1 saturated carbocycles. The van der Waals surface area contributed by atoms with Crippen LogP contribution in [-0.4, -0.2) is 39.4 Å². The molecule has 8 heteroatoms. The number of nitrogens with one attached hydrogen (secondary N) is 2. The number of benzene rings is 1. The van der Waals surface area contributed by atoms with Crippen molar-refractivity contribution < 1.29 is 14.4 Å². The number of rotatable bonds is 8. The van der Waals surface area contributed by atoms with Crippen LogP contribution in [0.5, 0.6) is 0 Å². The van der Waals surface area contributed by atoms with E-state index in [2.05, 4.69) is 31.4 Å². The van der Waals surface area contributed by atoms with Crippen LogP contribution in [0.4, 0.5) is 4.79 Å². The summed E-state index contributed by atoms with van der Waals surface area (Å²) in [5.41, 5.74) is 1.14. The Hall–Kier alpha value is -3.42. The highest BCUT2D eigenvalue weighted by atomic mass is 16.2. The Morgan fingerprint density at radius 2 is 1.72 bits per heavy atom. The second-order valence-electron chi connectivity index (χ2n) is 10.8. The van der Waals surface area contributed by atoms with E-state index in [0.29, 0.717) is 25.3 Å². The SMILES string of the molecule is CCC(C)(C)C1CCC2(CC1)NC(=O)N(CC(=O)NCc1ccc(Cn3ccccc3=O)cc1)C2=O. The van der Waals surface area contributed by atoms with Crippen molar-refractivity contribution in [3.8, 4) is 0 Å². The molecule has 0 radical (unpaired) electrons. The van der Waals surface area contributed by atoms with Gasteiger partial charge in [-0.2, -0.15) is 0 Å². The van der Waals surface area contributed by atoms with Crippen LogP contribution in [0.25, 0.3) is 0 Å². The van der Waals surface area contributed by atoms with E-state index in [1.165, 1.54) is 6.07 Å². The number of carbonyl (C=O) groups is 3. The predicted octanol–water partition coefficient (Wildman–Crippen LogP) is 3.43. The van der Waals surface area contributed by atoms with Gasteiger partial charge in [-0.15, -0.1) is 0 Å². The van der Waals surface area contributed by atoms with E-state index in [1.54, 1.807) is 16.8 Å². The number of aromatic nitrogens is 1. The maximum absolute atomic E-state index is 13.2. The molecule has 1 aliphatic heterocycles. The third-order valence-corrected chi connectivity index (χ3v) is 8.17. The zero-order chi connectivity index (χ0) is 25.9. The monoisotopic (exact) mass is 492 g/mol. The fraction of sp³-hybridized carbons (Fsp3) is 0.500. The second-order valence-corrected chi connectivity index (χ2v) is 10.8. The third kappa shape index (κ3) is 5.37. The summed E-state index contributed by atoms with van der Waals surface area (Å²) >= 11 is 0. The van der Waals surface area contributed by atoms with E-state index < -0.39 is 11.6 Å². The fourth-order valence-electron chi connectivity index (χ4n) is 5.29. The summed E-state index contributed by atoms with van der Waals surface area (Å²) in [5.74, 6) is -0.137. The molecule has 2 aliphatic rings. The molecule has 2 N–H and O–H groups in total. The van der Waals surface area contributed by atoms with Crippen LogP contribution in [0.3, 0.4) is 0 Å². The first-order chi connectivity index (χ1) is 17.1. The largest absolute Gasteiger partial charge is 0.350 e. The number of hydrogen-bond acceptors (Lipinski definition) is 4. The van der Waals surface area contributed by atoms with Gasteiger partial charge in [-0.3, -0.25) is 19.3 Å². The Balaban J connectivity index is 1.28. The highest BCUT2D eigenvalue weighted by Gasteiger charge is 2.53. The quantitative estimate of drug-likeness (QED) is 0.552. The van der Waals surface area contributed by atoms with Crippen molar-refractivity contribution in [2.24, 2.45) is 11.3 Å². The number of urea groups is 1. The average molecular weight is 493 g/mol. The molecule has 1 aromatic carbocycles. The second kappa shape index (κ2) is 10.3. The Labute approximate surface area is 212 Å². The average Bonchev–Trinajstić information content (AvgIpc) is 3.09. The van der Waals surface area contributed by atoms with Gasteiger partial charge in [0.1, 0.15) is 12.1 Å². The molecular formula is C28H36N4O4. The molecule has 0 bridgehead atoms. The van der Waals surface area contributed by atoms with Crippen molar-refractivity contribution in [1.29, 1.82) is 0 Å². The van der Waals surface area contributed by atoms with E-state index >= 15 is 0 Å². The molecule has 4 rings (SSSR count). The van der Waals surface area contributed by atoms with Gasteiger partial charge in [0.25, 0.3) is 11.5 Å². The number of pyridine rings is 1. The lowest BCUT2D eigenvalue weighted by molar-refractivity contribution is -0.136. The minimum absolute atomic E-state index is 0.0611. The first-order valence-electron chi connectivity index (χ1n) is 12.8. The zero-order valence-corrected chi connectivity index (χ0v) is 21.4. The highest BCUT2D eigenvalue weighted by molar-refractivity contribution is 6.09. The standard InChI is InChI=1S/C28H36N4O4/c1-4-27(2,3)22-12-14-28(15-13-22)25(35)32(26(36)30-28)19-23(33)29-17-20-8-10-21(11-9-20)18-31-16-6-5-7-24(31)34/h5-11,16,22H,4,12-15,17-19H2,1-3H3,(H,29,33)(H,30,36). The Morgan fingerprint density at radius 3 is 2.36 bits per heavy atom. The minimum Gasteiger partial charge on any atom is -0.350 e. The Kier molecular flexibility index (Phi) is 7.33. The molecule has 36 heavy (non-hydrogen) atoms. The molecule has 1 spiro atoms. The number of hydrogen-bond donors (Lipinski definition) is 2. The number of carbonyl (C=O) groups excluding carboxylic acids is 3. The lowest BCUT2D eigenvalue weighted by Crippen LogP contribution is -2.51. The van der Waals surface area contributed by atoms with Gasteiger partial charge in [-0.1, -0.05) is 57.5 Å². The minimum atomic E-state index is -0.867. The molecule has 4 amide bonds. The van der Waals surface area contributed by atoms with Gasteiger partial charge < -0.3 is 15.2 Å². The molecule has 2 heterocycles.